The number of Topliss-reactive ketones (excluding diaryl/α,β-unsaturated/α-hetero) is 5. The Morgan fingerprint density at radius 1 is 0.299 bits per heavy atom. The fourth-order valence-electron chi connectivity index (χ4n) is 11.0. The van der Waals surface area contributed by atoms with E-state index < -0.39 is 41.8 Å². The monoisotopic (exact) mass is 1530 g/mol. The van der Waals surface area contributed by atoms with Crippen LogP contribution in [0.25, 0.3) is 0 Å². The van der Waals surface area contributed by atoms with Gasteiger partial charge in [0.1, 0.15) is 55.6 Å². The minimum absolute atomic E-state index is 0. The van der Waals surface area contributed by atoms with Crippen LogP contribution in [0, 0.1) is 17.8 Å². The molecular formula is C76H135N5O26. The van der Waals surface area contributed by atoms with Crippen LogP contribution in [0.3, 0.4) is 0 Å². The van der Waals surface area contributed by atoms with Gasteiger partial charge in [0.15, 0.2) is 5.78 Å². The number of amides is 5. The van der Waals surface area contributed by atoms with Crippen molar-refractivity contribution in [2.45, 2.75) is 251 Å². The van der Waals surface area contributed by atoms with Crippen LogP contribution in [0.15, 0.2) is 0 Å². The van der Waals surface area contributed by atoms with Gasteiger partial charge in [-0.3, -0.25) is 62.3 Å². The number of carbonyl (C=O) groups excluding carboxylic acids is 10. The minimum atomic E-state index is -1.19. The highest BCUT2D eigenvalue weighted by atomic mass is 16.5. The van der Waals surface area contributed by atoms with Crippen LogP contribution in [-0.4, -0.2) is 241 Å². The van der Waals surface area contributed by atoms with Crippen molar-refractivity contribution in [3.8, 4) is 0 Å². The van der Waals surface area contributed by atoms with Crippen LogP contribution in [0.1, 0.15) is 248 Å². The molecule has 0 saturated carbocycles. The fraction of sp³-hybridized carbons (Fsp3) is 0.816. The zero-order valence-corrected chi connectivity index (χ0v) is 64.2. The molecule has 31 nitrogen and oxygen atoms in total. The lowest BCUT2D eigenvalue weighted by molar-refractivity contribution is -0.144. The van der Waals surface area contributed by atoms with Crippen LogP contribution in [0.2, 0.25) is 0 Å². The van der Waals surface area contributed by atoms with Crippen molar-refractivity contribution in [3.63, 3.8) is 0 Å². The van der Waals surface area contributed by atoms with Crippen LogP contribution in [-0.2, 0) is 105 Å². The van der Waals surface area contributed by atoms with E-state index in [2.05, 4.69) is 26.6 Å². The van der Waals surface area contributed by atoms with Crippen molar-refractivity contribution < 1.29 is 128 Å². The van der Waals surface area contributed by atoms with Crippen molar-refractivity contribution in [3.05, 3.63) is 0 Å². The second-order valence-corrected chi connectivity index (χ2v) is 27.0. The molecule has 0 radical (unpaired) electrons. The van der Waals surface area contributed by atoms with Crippen molar-refractivity contribution in [1.82, 2.24) is 26.6 Å². The summed E-state index contributed by atoms with van der Waals surface area (Å²) in [6.07, 6.45) is 20.1. The SMILES string of the molecule is CC(=O)[C@H](CCCCNC(=O)COCCOCCCC(=O)COCCOCCNC(=O)CC[C@H](CC(=O)CCCCCCCCCCC(=O)O)C(=O)O)CC(=O)[C@@H](C)CCCCNC(=O)COCCOCCNC(=O)COCCOCCCC(=O)CC[C@H](NC(=O)CCCCCCCCCCC(=O)O)C(=O)O.[HH].[HH]. The summed E-state index contributed by atoms with van der Waals surface area (Å²) in [6.45, 7) is 6.47. The number of hydrogen-bond donors (Lipinski definition) is 9. The number of ether oxygens (including phenoxy) is 8. The van der Waals surface area contributed by atoms with E-state index >= 15 is 0 Å². The summed E-state index contributed by atoms with van der Waals surface area (Å²) in [5, 5.41) is 49.9. The summed E-state index contributed by atoms with van der Waals surface area (Å²) in [4.78, 5) is 168. The first-order valence-electron chi connectivity index (χ1n) is 39.0. The predicted molar refractivity (Wildman–Crippen MR) is 398 cm³/mol. The Bertz CT molecular complexity index is 2500. The molecule has 0 spiro atoms. The molecule has 0 fully saturated rings. The number of hydrogen-bond acceptors (Lipinski definition) is 22. The van der Waals surface area contributed by atoms with Gasteiger partial charge in [-0.25, -0.2) is 4.79 Å². The number of ketones is 5. The Balaban J connectivity index is -0.0000562. The summed E-state index contributed by atoms with van der Waals surface area (Å²) in [5.74, 6) is -7.53. The van der Waals surface area contributed by atoms with Crippen molar-refractivity contribution in [1.29, 1.82) is 0 Å². The number of carbonyl (C=O) groups is 14. The molecule has 0 aromatic rings. The Morgan fingerprint density at radius 3 is 1.15 bits per heavy atom. The Kier molecular flexibility index (Phi) is 66.4. The largest absolute Gasteiger partial charge is 0.481 e. The molecule has 4 atom stereocenters. The van der Waals surface area contributed by atoms with Crippen LogP contribution in [0.4, 0.5) is 0 Å². The second kappa shape index (κ2) is 70.9. The van der Waals surface area contributed by atoms with Gasteiger partial charge in [0.25, 0.3) is 0 Å². The topological polar surface area (TPSA) is 454 Å². The van der Waals surface area contributed by atoms with Gasteiger partial charge in [0.05, 0.1) is 72.0 Å². The lowest BCUT2D eigenvalue weighted by atomic mass is 9.87. The Morgan fingerprint density at radius 2 is 0.692 bits per heavy atom. The van der Waals surface area contributed by atoms with Crippen molar-refractivity contribution in [2.75, 3.05) is 132 Å². The van der Waals surface area contributed by atoms with E-state index in [4.69, 9.17) is 48.1 Å². The molecule has 0 saturated heterocycles. The molecule has 0 aliphatic heterocycles. The van der Waals surface area contributed by atoms with E-state index in [0.717, 1.165) is 77.0 Å². The molecule has 0 aromatic carbocycles. The van der Waals surface area contributed by atoms with Gasteiger partial charge in [0, 0.05) is 118 Å². The molecule has 9 N–H and O–H groups in total. The number of rotatable bonds is 81. The van der Waals surface area contributed by atoms with E-state index in [-0.39, 0.29) is 250 Å². The minimum Gasteiger partial charge on any atom is -0.481 e. The Hall–Kier alpha value is -6.74. The molecule has 0 aromatic heterocycles. The van der Waals surface area contributed by atoms with Crippen LogP contribution >= 0.6 is 0 Å². The first-order valence-corrected chi connectivity index (χ1v) is 39.0. The maximum atomic E-state index is 13.0. The summed E-state index contributed by atoms with van der Waals surface area (Å²) in [5.41, 5.74) is 0. The number of unbranched alkanes of at least 4 members (excludes halogenated alkanes) is 16. The summed E-state index contributed by atoms with van der Waals surface area (Å²) in [6, 6.07) is -1.15. The Labute approximate surface area is 635 Å². The molecular weight excluding hydrogens is 1400 g/mol. The summed E-state index contributed by atoms with van der Waals surface area (Å²) in [7, 11) is 0. The van der Waals surface area contributed by atoms with Crippen molar-refractivity contribution in [2.24, 2.45) is 17.8 Å². The van der Waals surface area contributed by atoms with E-state index in [1.54, 1.807) is 0 Å². The number of carboxylic acids is 4. The molecule has 0 heterocycles. The van der Waals surface area contributed by atoms with Gasteiger partial charge in [-0.2, -0.15) is 0 Å². The van der Waals surface area contributed by atoms with E-state index in [1.807, 2.05) is 6.92 Å². The van der Waals surface area contributed by atoms with E-state index in [1.165, 1.54) is 6.92 Å². The third-order valence-corrected chi connectivity index (χ3v) is 17.4. The highest BCUT2D eigenvalue weighted by Gasteiger charge is 2.25. The lowest BCUT2D eigenvalue weighted by Gasteiger charge is -2.16. The second-order valence-electron chi connectivity index (χ2n) is 27.0. The molecule has 5 amide bonds. The molecule has 620 valence electrons. The first kappa shape index (κ1) is 100. The highest BCUT2D eigenvalue weighted by Crippen LogP contribution is 2.21. The zero-order chi connectivity index (χ0) is 79.2. The molecule has 31 heteroatoms. The third-order valence-electron chi connectivity index (χ3n) is 17.4. The van der Waals surface area contributed by atoms with Gasteiger partial charge in [0.2, 0.25) is 29.5 Å². The van der Waals surface area contributed by atoms with E-state index in [0.29, 0.717) is 103 Å². The average molecular weight is 1530 g/mol. The third kappa shape index (κ3) is 68.3. The standard InChI is InChI=1S/C76H131N5O26.2H2/c1-59(25-19-21-37-77-70(89)57-107-52-48-103-44-40-80-72(91)58-106-51-45-100-41-23-28-63(83)34-35-66(76(98)99)81-69(88)30-16-12-8-4-6-10-14-18-32-74(94)95)67(86)54-61(60(2)82)26-20-22-38-78-71(90)56-105-50-46-101-42-24-29-65(85)55-104-49-47-102-43-39-79-68(87)36-33-62(75(96)97)53-64(84)27-15-11-7-3-5-9-13-17-31-73(92)93;;/h59,61-62,66H,3-58H2,1-2H3,(H,77,89)(H,78,90)(H,79,87)(H,80,91)(H,81,88)(H,92,93)(H,94,95)(H,96,97)(H,98,99);2*1H/t59-,61+,62+,66-;;/m0../s1. The fourth-order valence-corrected chi connectivity index (χ4v) is 11.0. The van der Waals surface area contributed by atoms with Crippen LogP contribution in [0.5, 0.6) is 0 Å². The van der Waals surface area contributed by atoms with Crippen LogP contribution < -0.4 is 26.6 Å². The molecule has 0 unspecified atom stereocenters. The maximum absolute atomic E-state index is 13.0. The van der Waals surface area contributed by atoms with E-state index in [9.17, 15) is 77.3 Å². The molecule has 107 heavy (non-hydrogen) atoms. The molecule has 0 aliphatic rings. The highest BCUT2D eigenvalue weighted by molar-refractivity contribution is 5.88. The van der Waals surface area contributed by atoms with Gasteiger partial charge in [-0.1, -0.05) is 96.8 Å². The molecule has 0 rings (SSSR count). The number of aliphatic carboxylic acids is 4. The maximum Gasteiger partial charge on any atom is 0.326 e. The van der Waals surface area contributed by atoms with Crippen molar-refractivity contribution >= 4 is 82.3 Å². The summed E-state index contributed by atoms with van der Waals surface area (Å²) >= 11 is 0. The van der Waals surface area contributed by atoms with Gasteiger partial charge in [-0.05, 0) is 84.0 Å². The molecule has 0 aliphatic carbocycles. The lowest BCUT2D eigenvalue weighted by Crippen LogP contribution is -2.41. The summed E-state index contributed by atoms with van der Waals surface area (Å²) < 4.78 is 43.3. The molecule has 0 bridgehead atoms. The van der Waals surface area contributed by atoms with Gasteiger partial charge in [-0.15, -0.1) is 0 Å². The number of carboxylic acid groups (broad SMARTS) is 4. The smallest absolute Gasteiger partial charge is 0.326 e. The van der Waals surface area contributed by atoms with Gasteiger partial charge >= 0.3 is 23.9 Å². The quantitative estimate of drug-likeness (QED) is 0.0264. The zero-order valence-electron chi connectivity index (χ0n) is 64.2. The number of nitrogens with one attached hydrogen (secondary N) is 5. The van der Waals surface area contributed by atoms with Gasteiger partial charge < -0.3 is 84.9 Å². The predicted octanol–water partition coefficient (Wildman–Crippen LogP) is 7.68. The average Bonchev–Trinajstić information content (AvgIpc) is 1.00. The normalized spacial score (nSPS) is 12.3. The first-order chi connectivity index (χ1) is 51.5.